The summed E-state index contributed by atoms with van der Waals surface area (Å²) in [5.74, 6) is -0.689. The monoisotopic (exact) mass is 296 g/mol. The van der Waals surface area contributed by atoms with Crippen molar-refractivity contribution in [3.05, 3.63) is 58.7 Å². The first-order valence-electron chi connectivity index (χ1n) is 6.38. The predicted molar refractivity (Wildman–Crippen MR) is 79.4 cm³/mol. The summed E-state index contributed by atoms with van der Waals surface area (Å²) < 4.78 is 4.72. The average molecular weight is 296 g/mol. The highest BCUT2D eigenvalue weighted by atomic mass is 16.5. The highest BCUT2D eigenvalue weighted by Crippen LogP contribution is 2.30. The van der Waals surface area contributed by atoms with E-state index in [9.17, 15) is 19.2 Å². The fraction of sp³-hybridized carbons (Fsp3) is 0.0588. The van der Waals surface area contributed by atoms with Gasteiger partial charge in [0, 0.05) is 16.7 Å². The minimum atomic E-state index is -0.689. The summed E-state index contributed by atoms with van der Waals surface area (Å²) in [6.07, 6.45) is 1.66. The van der Waals surface area contributed by atoms with E-state index in [2.05, 4.69) is 0 Å². The molecule has 0 aliphatic rings. The molecule has 110 valence electrons. The smallest absolute Gasteiger partial charge is 0.339 e. The van der Waals surface area contributed by atoms with Gasteiger partial charge in [-0.3, -0.25) is 14.4 Å². The standard InChI is InChI=1S/C17H12O5/c1-22-17(21)16-12(9-19)5-3-7-14(16)13-6-2-4-11(8-18)15(13)10-20/h2-10H,1H3. The van der Waals surface area contributed by atoms with Crippen LogP contribution < -0.4 is 0 Å². The van der Waals surface area contributed by atoms with E-state index in [1.807, 2.05) is 0 Å². The maximum atomic E-state index is 12.0. The minimum Gasteiger partial charge on any atom is -0.465 e. The van der Waals surface area contributed by atoms with Gasteiger partial charge in [0.1, 0.15) is 0 Å². The van der Waals surface area contributed by atoms with Gasteiger partial charge in [0.05, 0.1) is 12.7 Å². The summed E-state index contributed by atoms with van der Waals surface area (Å²) in [4.78, 5) is 45.6. The Morgan fingerprint density at radius 2 is 1.45 bits per heavy atom. The van der Waals surface area contributed by atoms with Crippen molar-refractivity contribution in [1.82, 2.24) is 0 Å². The Bertz CT molecular complexity index is 762. The van der Waals surface area contributed by atoms with Crippen LogP contribution in [-0.4, -0.2) is 31.9 Å². The van der Waals surface area contributed by atoms with Gasteiger partial charge in [-0.1, -0.05) is 36.4 Å². The molecule has 0 amide bonds. The molecule has 0 atom stereocenters. The number of ether oxygens (including phenoxy) is 1. The first-order valence-corrected chi connectivity index (χ1v) is 6.38. The molecule has 5 nitrogen and oxygen atoms in total. The number of esters is 1. The molecular weight excluding hydrogens is 284 g/mol. The number of rotatable bonds is 5. The van der Waals surface area contributed by atoms with Crippen LogP contribution in [0.15, 0.2) is 36.4 Å². The fourth-order valence-corrected chi connectivity index (χ4v) is 2.27. The van der Waals surface area contributed by atoms with Crippen molar-refractivity contribution in [2.75, 3.05) is 7.11 Å². The molecule has 0 unspecified atom stereocenters. The summed E-state index contributed by atoms with van der Waals surface area (Å²) in [5, 5.41) is 0. The summed E-state index contributed by atoms with van der Waals surface area (Å²) in [5.41, 5.74) is 1.33. The molecule has 0 radical (unpaired) electrons. The Balaban J connectivity index is 2.84. The van der Waals surface area contributed by atoms with Gasteiger partial charge in [0.15, 0.2) is 18.9 Å². The summed E-state index contributed by atoms with van der Waals surface area (Å²) in [7, 11) is 1.20. The maximum Gasteiger partial charge on any atom is 0.339 e. The highest BCUT2D eigenvalue weighted by Gasteiger charge is 2.20. The lowest BCUT2D eigenvalue weighted by molar-refractivity contribution is 0.0599. The van der Waals surface area contributed by atoms with Crippen molar-refractivity contribution in [3.8, 4) is 11.1 Å². The van der Waals surface area contributed by atoms with E-state index < -0.39 is 5.97 Å². The van der Waals surface area contributed by atoms with Gasteiger partial charge in [-0.2, -0.15) is 0 Å². The SMILES string of the molecule is COC(=O)c1c(C=O)cccc1-c1cccc(C=O)c1C=O. The van der Waals surface area contributed by atoms with Crippen molar-refractivity contribution in [2.45, 2.75) is 0 Å². The average Bonchev–Trinajstić information content (AvgIpc) is 2.59. The van der Waals surface area contributed by atoms with E-state index in [0.29, 0.717) is 30.0 Å². The van der Waals surface area contributed by atoms with Crippen LogP contribution in [0.25, 0.3) is 11.1 Å². The van der Waals surface area contributed by atoms with Crippen LogP contribution in [0.1, 0.15) is 41.4 Å². The summed E-state index contributed by atoms with van der Waals surface area (Å²) in [6.45, 7) is 0. The van der Waals surface area contributed by atoms with Crippen LogP contribution in [-0.2, 0) is 4.74 Å². The first kappa shape index (κ1) is 15.3. The quantitative estimate of drug-likeness (QED) is 0.626. The second-order valence-corrected chi connectivity index (χ2v) is 4.42. The zero-order chi connectivity index (χ0) is 16.1. The van der Waals surface area contributed by atoms with Gasteiger partial charge in [0.2, 0.25) is 0 Å². The number of hydrogen-bond acceptors (Lipinski definition) is 5. The molecule has 0 aliphatic carbocycles. The highest BCUT2D eigenvalue weighted by molar-refractivity contribution is 6.07. The van der Waals surface area contributed by atoms with Crippen molar-refractivity contribution >= 4 is 24.8 Å². The molecule has 0 saturated carbocycles. The van der Waals surface area contributed by atoms with Crippen molar-refractivity contribution in [3.63, 3.8) is 0 Å². The number of carbonyl (C=O) groups is 4. The van der Waals surface area contributed by atoms with Gasteiger partial charge in [-0.25, -0.2) is 4.79 Å². The Labute approximate surface area is 126 Å². The third-order valence-electron chi connectivity index (χ3n) is 3.29. The minimum absolute atomic E-state index is 0.0612. The van der Waals surface area contributed by atoms with Crippen LogP contribution >= 0.6 is 0 Å². The summed E-state index contributed by atoms with van der Waals surface area (Å²) in [6, 6.07) is 9.37. The Kier molecular flexibility index (Phi) is 4.58. The molecule has 2 rings (SSSR count). The van der Waals surface area contributed by atoms with Gasteiger partial charge < -0.3 is 4.74 Å². The summed E-state index contributed by atoms with van der Waals surface area (Å²) >= 11 is 0. The van der Waals surface area contributed by atoms with Gasteiger partial charge in [0.25, 0.3) is 0 Å². The first-order chi connectivity index (χ1) is 10.7. The normalized spacial score (nSPS) is 9.86. The molecule has 0 bridgehead atoms. The molecule has 5 heteroatoms. The van der Waals surface area contributed by atoms with E-state index in [1.165, 1.54) is 19.2 Å². The van der Waals surface area contributed by atoms with Gasteiger partial charge in [-0.15, -0.1) is 0 Å². The van der Waals surface area contributed by atoms with Crippen LogP contribution in [0.5, 0.6) is 0 Å². The topological polar surface area (TPSA) is 77.5 Å². The van der Waals surface area contributed by atoms with Gasteiger partial charge >= 0.3 is 5.97 Å². The molecule has 2 aromatic carbocycles. The number of methoxy groups -OCH3 is 1. The van der Waals surface area contributed by atoms with Crippen LogP contribution in [0, 0.1) is 0 Å². The largest absolute Gasteiger partial charge is 0.465 e. The predicted octanol–water partition coefficient (Wildman–Crippen LogP) is 2.58. The molecule has 0 spiro atoms. The second-order valence-electron chi connectivity index (χ2n) is 4.42. The zero-order valence-corrected chi connectivity index (χ0v) is 11.7. The van der Waals surface area contributed by atoms with Crippen molar-refractivity contribution < 1.29 is 23.9 Å². The number of carbonyl (C=O) groups excluding carboxylic acids is 4. The van der Waals surface area contributed by atoms with Crippen molar-refractivity contribution in [2.24, 2.45) is 0 Å². The third kappa shape index (κ3) is 2.56. The van der Waals surface area contributed by atoms with Crippen LogP contribution in [0.4, 0.5) is 0 Å². The molecule has 0 aromatic heterocycles. The lowest BCUT2D eigenvalue weighted by Crippen LogP contribution is -2.08. The fourth-order valence-electron chi connectivity index (χ4n) is 2.27. The number of benzene rings is 2. The Morgan fingerprint density at radius 1 is 0.864 bits per heavy atom. The molecule has 0 heterocycles. The lowest BCUT2D eigenvalue weighted by Gasteiger charge is -2.13. The van der Waals surface area contributed by atoms with E-state index in [0.717, 1.165) is 0 Å². The van der Waals surface area contributed by atoms with E-state index in [4.69, 9.17) is 4.74 Å². The van der Waals surface area contributed by atoms with Crippen LogP contribution in [0.2, 0.25) is 0 Å². The Hall–Kier alpha value is -3.08. The van der Waals surface area contributed by atoms with Crippen LogP contribution in [0.3, 0.4) is 0 Å². The molecule has 0 saturated heterocycles. The molecule has 0 aliphatic heterocycles. The van der Waals surface area contributed by atoms with E-state index >= 15 is 0 Å². The second kappa shape index (κ2) is 6.58. The third-order valence-corrected chi connectivity index (χ3v) is 3.29. The van der Waals surface area contributed by atoms with E-state index in [1.54, 1.807) is 24.3 Å². The number of hydrogen-bond donors (Lipinski definition) is 0. The lowest BCUT2D eigenvalue weighted by atomic mass is 9.91. The zero-order valence-electron chi connectivity index (χ0n) is 11.7. The molecular formula is C17H12O5. The molecule has 2 aromatic rings. The van der Waals surface area contributed by atoms with E-state index in [-0.39, 0.29) is 22.3 Å². The maximum absolute atomic E-state index is 12.0. The molecule has 0 N–H and O–H groups in total. The van der Waals surface area contributed by atoms with Crippen molar-refractivity contribution in [1.29, 1.82) is 0 Å². The number of aldehydes is 3. The van der Waals surface area contributed by atoms with Gasteiger partial charge in [-0.05, 0) is 11.1 Å². The molecule has 0 fully saturated rings. The Morgan fingerprint density at radius 3 is 2.00 bits per heavy atom. The molecule has 22 heavy (non-hydrogen) atoms.